The van der Waals surface area contributed by atoms with Gasteiger partial charge in [0, 0.05) is 10.8 Å². The molecule has 2 unspecified atom stereocenters. The number of nitrogens with one attached hydrogen (secondary N) is 1. The molecule has 2 atom stereocenters. The van der Waals surface area contributed by atoms with Gasteiger partial charge in [-0.1, -0.05) is 18.3 Å². The molecule has 9 heteroatoms. The molecule has 0 aliphatic heterocycles. The largest absolute Gasteiger partial charge is 0.480 e. The first-order valence-electron chi connectivity index (χ1n) is 5.14. The molecule has 0 spiro atoms. The molecular weight excluding hydrogens is 278 g/mol. The van der Waals surface area contributed by atoms with Crippen LogP contribution in [0.25, 0.3) is 0 Å². The minimum absolute atomic E-state index is 0.215. The van der Waals surface area contributed by atoms with E-state index in [1.165, 1.54) is 11.3 Å². The zero-order valence-electron chi connectivity index (χ0n) is 9.87. The van der Waals surface area contributed by atoms with Gasteiger partial charge in [-0.2, -0.15) is 0 Å². The molecule has 0 aromatic carbocycles. The van der Waals surface area contributed by atoms with Crippen LogP contribution in [0.1, 0.15) is 18.4 Å². The lowest BCUT2D eigenvalue weighted by Crippen LogP contribution is -2.31. The number of nitrogens with zero attached hydrogens (tertiary/aromatic N) is 2. The first-order chi connectivity index (χ1) is 8.43. The minimum atomic E-state index is -1.74. The Morgan fingerprint density at radius 1 is 1.50 bits per heavy atom. The summed E-state index contributed by atoms with van der Waals surface area (Å²) in [6, 6.07) is 0. The van der Waals surface area contributed by atoms with Crippen LogP contribution < -0.4 is 5.32 Å². The fourth-order valence-corrected chi connectivity index (χ4v) is 2.94. The molecule has 2 N–H and O–H groups in total. The average molecular weight is 291 g/mol. The molecule has 0 bridgehead atoms. The number of hydrogen-bond acceptors (Lipinski definition) is 6. The van der Waals surface area contributed by atoms with Gasteiger partial charge in [-0.05, 0) is 13.3 Å². The number of rotatable bonds is 6. The van der Waals surface area contributed by atoms with E-state index in [-0.39, 0.29) is 12.2 Å². The van der Waals surface area contributed by atoms with Crippen molar-refractivity contribution >= 4 is 39.1 Å². The van der Waals surface area contributed by atoms with Crippen LogP contribution in [0.3, 0.4) is 0 Å². The molecule has 1 aromatic heterocycles. The number of amides is 1. The summed E-state index contributed by atoms with van der Waals surface area (Å²) in [5.41, 5.74) is 0. The van der Waals surface area contributed by atoms with Gasteiger partial charge in [0.05, 0.1) is 0 Å². The molecule has 0 aliphatic rings. The molecule has 1 heterocycles. The Kier molecular flexibility index (Phi) is 5.35. The van der Waals surface area contributed by atoms with Crippen molar-refractivity contribution in [2.24, 2.45) is 0 Å². The molecule has 18 heavy (non-hydrogen) atoms. The summed E-state index contributed by atoms with van der Waals surface area (Å²) in [4.78, 5) is 22.3. The van der Waals surface area contributed by atoms with Crippen LogP contribution in [0.5, 0.6) is 0 Å². The lowest BCUT2D eigenvalue weighted by atomic mass is 10.3. The molecule has 0 radical (unpaired) electrons. The zero-order valence-corrected chi connectivity index (χ0v) is 11.5. The molecule has 0 aliphatic carbocycles. The summed E-state index contributed by atoms with van der Waals surface area (Å²) in [6.45, 7) is 3.35. The second-order valence-electron chi connectivity index (χ2n) is 3.43. The van der Waals surface area contributed by atoms with Crippen LogP contribution in [-0.4, -0.2) is 42.4 Å². The van der Waals surface area contributed by atoms with Crippen molar-refractivity contribution in [1.82, 2.24) is 10.2 Å². The highest BCUT2D eigenvalue weighted by atomic mass is 32.2. The molecule has 0 saturated carbocycles. The molecule has 1 aromatic rings. The van der Waals surface area contributed by atoms with Crippen LogP contribution in [0.2, 0.25) is 0 Å². The SMILES string of the molecule is CCC(C(=O)O)S(=O)CC(=O)Nc1nnc(C)s1. The predicted octanol–water partition coefficient (Wildman–Crippen LogP) is 0.397. The molecule has 100 valence electrons. The number of anilines is 1. The third kappa shape index (κ3) is 4.15. The smallest absolute Gasteiger partial charge is 0.319 e. The lowest BCUT2D eigenvalue weighted by molar-refractivity contribution is -0.136. The zero-order chi connectivity index (χ0) is 13.7. The number of aryl methyl sites for hydroxylation is 1. The maximum absolute atomic E-state index is 11.7. The topological polar surface area (TPSA) is 109 Å². The van der Waals surface area contributed by atoms with Gasteiger partial charge in [-0.25, -0.2) is 0 Å². The maximum Gasteiger partial charge on any atom is 0.319 e. The summed E-state index contributed by atoms with van der Waals surface area (Å²) < 4.78 is 11.7. The van der Waals surface area contributed by atoms with Gasteiger partial charge < -0.3 is 5.11 Å². The van der Waals surface area contributed by atoms with E-state index < -0.39 is 27.9 Å². The number of carboxylic acids is 1. The van der Waals surface area contributed by atoms with Gasteiger partial charge in [0.1, 0.15) is 16.0 Å². The lowest BCUT2D eigenvalue weighted by Gasteiger charge is -2.08. The van der Waals surface area contributed by atoms with Crippen molar-refractivity contribution in [2.75, 3.05) is 11.1 Å². The number of aliphatic carboxylic acids is 1. The van der Waals surface area contributed by atoms with E-state index in [2.05, 4.69) is 15.5 Å². The normalized spacial score (nSPS) is 13.9. The Labute approximate surface area is 110 Å². The predicted molar refractivity (Wildman–Crippen MR) is 68.0 cm³/mol. The third-order valence-corrected chi connectivity index (χ3v) is 4.48. The van der Waals surface area contributed by atoms with Crippen LogP contribution in [0, 0.1) is 6.92 Å². The Bertz CT molecular complexity index is 474. The van der Waals surface area contributed by atoms with E-state index in [0.717, 1.165) is 0 Å². The number of hydrogen-bond donors (Lipinski definition) is 2. The van der Waals surface area contributed by atoms with Crippen LogP contribution in [-0.2, 0) is 20.4 Å². The van der Waals surface area contributed by atoms with Crippen LogP contribution >= 0.6 is 11.3 Å². The second-order valence-corrected chi connectivity index (χ2v) is 6.24. The van der Waals surface area contributed by atoms with Gasteiger partial charge in [-0.3, -0.25) is 19.1 Å². The number of carboxylic acid groups (broad SMARTS) is 1. The fourth-order valence-electron chi connectivity index (χ4n) is 1.21. The quantitative estimate of drug-likeness (QED) is 0.785. The molecule has 1 rings (SSSR count). The monoisotopic (exact) mass is 291 g/mol. The Morgan fingerprint density at radius 2 is 2.17 bits per heavy atom. The fraction of sp³-hybridized carbons (Fsp3) is 0.556. The first kappa shape index (κ1) is 14.7. The third-order valence-electron chi connectivity index (χ3n) is 2.01. The van der Waals surface area contributed by atoms with Crippen molar-refractivity contribution in [3.63, 3.8) is 0 Å². The van der Waals surface area contributed by atoms with Crippen molar-refractivity contribution in [3.8, 4) is 0 Å². The number of aromatic nitrogens is 2. The van der Waals surface area contributed by atoms with Crippen LogP contribution in [0.4, 0.5) is 5.13 Å². The molecule has 1 amide bonds. The summed E-state index contributed by atoms with van der Waals surface area (Å²) in [7, 11) is -1.74. The highest BCUT2D eigenvalue weighted by Crippen LogP contribution is 2.13. The second kappa shape index (κ2) is 6.55. The Hall–Kier alpha value is -1.35. The summed E-state index contributed by atoms with van der Waals surface area (Å²) in [5.74, 6) is -2.04. The summed E-state index contributed by atoms with van der Waals surface area (Å²) in [5, 5.41) is 18.6. The van der Waals surface area contributed by atoms with E-state index in [1.54, 1.807) is 13.8 Å². The standard InChI is InChI=1S/C9H13N3O4S2/c1-3-6(8(14)15)18(16)4-7(13)10-9-12-11-5(2)17-9/h6H,3-4H2,1-2H3,(H,14,15)(H,10,12,13). The first-order valence-corrected chi connectivity index (χ1v) is 7.33. The van der Waals surface area contributed by atoms with E-state index in [0.29, 0.717) is 10.1 Å². The van der Waals surface area contributed by atoms with Crippen molar-refractivity contribution in [3.05, 3.63) is 5.01 Å². The van der Waals surface area contributed by atoms with Gasteiger partial charge in [0.15, 0.2) is 0 Å². The van der Waals surface area contributed by atoms with E-state index in [9.17, 15) is 13.8 Å². The minimum Gasteiger partial charge on any atom is -0.480 e. The van der Waals surface area contributed by atoms with E-state index in [1.807, 2.05) is 0 Å². The number of carbonyl (C=O) groups is 2. The van der Waals surface area contributed by atoms with Gasteiger partial charge in [0.2, 0.25) is 11.0 Å². The van der Waals surface area contributed by atoms with Crippen molar-refractivity contribution < 1.29 is 18.9 Å². The van der Waals surface area contributed by atoms with Crippen molar-refractivity contribution in [1.29, 1.82) is 0 Å². The molecule has 0 fully saturated rings. The molecular formula is C9H13N3O4S2. The van der Waals surface area contributed by atoms with Gasteiger partial charge >= 0.3 is 5.97 Å². The highest BCUT2D eigenvalue weighted by molar-refractivity contribution is 7.87. The van der Waals surface area contributed by atoms with Gasteiger partial charge in [-0.15, -0.1) is 10.2 Å². The summed E-state index contributed by atoms with van der Waals surface area (Å²) in [6.07, 6.45) is 0.215. The Morgan fingerprint density at radius 3 is 2.61 bits per heavy atom. The average Bonchev–Trinajstić information content (AvgIpc) is 2.63. The number of carbonyl (C=O) groups excluding carboxylic acids is 1. The van der Waals surface area contributed by atoms with Gasteiger partial charge in [0.25, 0.3) is 0 Å². The Balaban J connectivity index is 2.54. The van der Waals surface area contributed by atoms with E-state index >= 15 is 0 Å². The highest BCUT2D eigenvalue weighted by Gasteiger charge is 2.24. The summed E-state index contributed by atoms with van der Waals surface area (Å²) >= 11 is 1.19. The van der Waals surface area contributed by atoms with Crippen molar-refractivity contribution in [2.45, 2.75) is 25.5 Å². The van der Waals surface area contributed by atoms with Crippen LogP contribution in [0.15, 0.2) is 0 Å². The maximum atomic E-state index is 11.7. The molecule has 7 nitrogen and oxygen atoms in total. The van der Waals surface area contributed by atoms with E-state index in [4.69, 9.17) is 5.11 Å². The molecule has 0 saturated heterocycles.